The summed E-state index contributed by atoms with van der Waals surface area (Å²) in [7, 11) is 0. The van der Waals surface area contributed by atoms with E-state index in [1.54, 1.807) is 4.90 Å². The molecule has 2 N–H and O–H groups in total. The minimum atomic E-state index is -0.757. The van der Waals surface area contributed by atoms with Crippen LogP contribution in [0.4, 0.5) is 10.5 Å². The smallest absolute Gasteiger partial charge is 0.414 e. The number of β-amino-alcohol motifs (C(OH)–C–C–N with tert-alkyl or cyclic N) is 1. The van der Waals surface area contributed by atoms with Crippen LogP contribution in [0.15, 0.2) is 24.3 Å². The normalized spacial score (nSPS) is 30.2. The number of para-hydroxylation sites is 1. The molecule has 6 nitrogen and oxygen atoms in total. The van der Waals surface area contributed by atoms with Gasteiger partial charge in [0.2, 0.25) is 0 Å². The summed E-state index contributed by atoms with van der Waals surface area (Å²) in [6.07, 6.45) is -0.462. The first-order valence-electron chi connectivity index (χ1n) is 8.81. The van der Waals surface area contributed by atoms with Crippen molar-refractivity contribution in [3.05, 3.63) is 29.8 Å². The van der Waals surface area contributed by atoms with E-state index in [2.05, 4.69) is 4.90 Å². The Labute approximate surface area is 149 Å². The molecule has 2 aliphatic heterocycles. The molecule has 2 aliphatic rings. The maximum Gasteiger partial charge on any atom is 0.414 e. The number of amides is 1. The molecule has 6 heteroatoms. The first-order chi connectivity index (χ1) is 11.6. The number of likely N-dealkylation sites (tertiary alicyclic amines) is 1. The average molecular weight is 348 g/mol. The molecule has 1 saturated heterocycles. The van der Waals surface area contributed by atoms with Crippen molar-refractivity contribution in [2.24, 2.45) is 0 Å². The van der Waals surface area contributed by atoms with Crippen molar-refractivity contribution < 1.29 is 19.7 Å². The molecular weight excluding hydrogens is 320 g/mol. The number of rotatable bonds is 1. The number of carbonyl (C=O) groups is 1. The van der Waals surface area contributed by atoms with E-state index in [0.29, 0.717) is 31.7 Å². The van der Waals surface area contributed by atoms with E-state index in [-0.39, 0.29) is 6.04 Å². The number of aliphatic hydroxyl groups is 2. The number of ether oxygens (including phenoxy) is 1. The lowest BCUT2D eigenvalue weighted by molar-refractivity contribution is 0.0244. The molecule has 1 amide bonds. The summed E-state index contributed by atoms with van der Waals surface area (Å²) in [4.78, 5) is 16.4. The van der Waals surface area contributed by atoms with Crippen LogP contribution in [0.1, 0.15) is 45.8 Å². The number of benzene rings is 1. The number of carbonyl (C=O) groups excluding carboxylic acids is 1. The maximum absolute atomic E-state index is 12.7. The van der Waals surface area contributed by atoms with E-state index in [9.17, 15) is 15.0 Å². The fraction of sp³-hybridized carbons (Fsp3) is 0.632. The van der Waals surface area contributed by atoms with E-state index in [1.165, 1.54) is 0 Å². The van der Waals surface area contributed by atoms with Gasteiger partial charge in [0.15, 0.2) is 0 Å². The first-order valence-corrected chi connectivity index (χ1v) is 8.81. The highest BCUT2D eigenvalue weighted by atomic mass is 16.6. The predicted octanol–water partition coefficient (Wildman–Crippen LogP) is 2.30. The largest absolute Gasteiger partial charge is 0.443 e. The second-order valence-corrected chi connectivity index (χ2v) is 8.38. The van der Waals surface area contributed by atoms with Gasteiger partial charge in [0, 0.05) is 25.2 Å². The van der Waals surface area contributed by atoms with E-state index in [0.717, 1.165) is 5.56 Å². The topological polar surface area (TPSA) is 73.2 Å². The van der Waals surface area contributed by atoms with Crippen LogP contribution in [0.3, 0.4) is 0 Å². The van der Waals surface area contributed by atoms with Crippen LogP contribution >= 0.6 is 0 Å². The first kappa shape index (κ1) is 18.2. The van der Waals surface area contributed by atoms with Gasteiger partial charge >= 0.3 is 6.09 Å². The molecule has 0 saturated carbocycles. The van der Waals surface area contributed by atoms with Crippen molar-refractivity contribution in [3.63, 3.8) is 0 Å². The summed E-state index contributed by atoms with van der Waals surface area (Å²) in [6, 6.07) is 7.12. The summed E-state index contributed by atoms with van der Waals surface area (Å²) in [5, 5.41) is 21.2. The van der Waals surface area contributed by atoms with Crippen molar-refractivity contribution in [1.29, 1.82) is 0 Å². The Morgan fingerprint density at radius 2 is 2.00 bits per heavy atom. The highest BCUT2D eigenvalue weighted by molar-refractivity contribution is 5.90. The Morgan fingerprint density at radius 3 is 2.60 bits per heavy atom. The zero-order chi connectivity index (χ0) is 18.4. The number of aliphatic hydroxyl groups excluding tert-OH is 1. The van der Waals surface area contributed by atoms with Gasteiger partial charge in [-0.2, -0.15) is 0 Å². The van der Waals surface area contributed by atoms with Crippen LogP contribution < -0.4 is 4.90 Å². The fourth-order valence-corrected chi connectivity index (χ4v) is 3.64. The van der Waals surface area contributed by atoms with Crippen molar-refractivity contribution in [3.8, 4) is 0 Å². The molecule has 3 atom stereocenters. The second-order valence-electron chi connectivity index (χ2n) is 8.38. The van der Waals surface area contributed by atoms with Crippen molar-refractivity contribution in [2.75, 3.05) is 24.5 Å². The van der Waals surface area contributed by atoms with E-state index < -0.39 is 23.4 Å². The molecule has 1 aromatic carbocycles. The molecule has 1 fully saturated rings. The molecule has 0 aromatic heterocycles. The Morgan fingerprint density at radius 1 is 1.32 bits per heavy atom. The van der Waals surface area contributed by atoms with Gasteiger partial charge in [-0.1, -0.05) is 18.2 Å². The molecule has 0 bridgehead atoms. The number of hydrogen-bond acceptors (Lipinski definition) is 5. The Hall–Kier alpha value is -1.63. The van der Waals surface area contributed by atoms with Gasteiger partial charge in [0.1, 0.15) is 5.60 Å². The Kier molecular flexibility index (Phi) is 4.56. The van der Waals surface area contributed by atoms with Crippen LogP contribution in [0, 0.1) is 0 Å². The maximum atomic E-state index is 12.7. The SMILES string of the molecule is CC1(O)CCN(C2CN(C(=O)OC(C)(C)C)c3ccccc3C2O)C1. The number of anilines is 1. The minimum Gasteiger partial charge on any atom is -0.443 e. The Bertz CT molecular complexity index is 653. The van der Waals surface area contributed by atoms with Crippen molar-refractivity contribution in [1.82, 2.24) is 4.90 Å². The van der Waals surface area contributed by atoms with Gasteiger partial charge < -0.3 is 14.9 Å². The van der Waals surface area contributed by atoms with Crippen LogP contribution in [0.25, 0.3) is 0 Å². The number of nitrogens with zero attached hydrogens (tertiary/aromatic N) is 2. The van der Waals surface area contributed by atoms with Crippen LogP contribution in [-0.4, -0.2) is 58.1 Å². The quantitative estimate of drug-likeness (QED) is 0.815. The van der Waals surface area contributed by atoms with Crippen LogP contribution in [-0.2, 0) is 4.74 Å². The summed E-state index contributed by atoms with van der Waals surface area (Å²) in [6.45, 7) is 8.84. The molecule has 3 rings (SSSR count). The standard InChI is InChI=1S/C19H28N2O4/c1-18(2,3)25-17(23)21-11-15(20-10-9-19(4,24)12-20)16(22)13-7-5-6-8-14(13)21/h5-8,15-16,22,24H,9-12H2,1-4H3. The highest BCUT2D eigenvalue weighted by Gasteiger charge is 2.43. The van der Waals surface area contributed by atoms with E-state index >= 15 is 0 Å². The molecule has 138 valence electrons. The van der Waals surface area contributed by atoms with Gasteiger partial charge in [0.25, 0.3) is 0 Å². The zero-order valence-electron chi connectivity index (χ0n) is 15.4. The van der Waals surface area contributed by atoms with E-state index in [4.69, 9.17) is 4.74 Å². The highest BCUT2D eigenvalue weighted by Crippen LogP contribution is 2.38. The summed E-state index contributed by atoms with van der Waals surface area (Å²) in [5.74, 6) is 0. The van der Waals surface area contributed by atoms with Crippen molar-refractivity contribution in [2.45, 2.75) is 57.5 Å². The van der Waals surface area contributed by atoms with Gasteiger partial charge in [-0.3, -0.25) is 9.80 Å². The van der Waals surface area contributed by atoms with E-state index in [1.807, 2.05) is 52.0 Å². The minimum absolute atomic E-state index is 0.267. The van der Waals surface area contributed by atoms with Gasteiger partial charge in [-0.15, -0.1) is 0 Å². The van der Waals surface area contributed by atoms with Gasteiger partial charge in [-0.05, 0) is 40.2 Å². The lowest BCUT2D eigenvalue weighted by Crippen LogP contribution is -2.53. The lowest BCUT2D eigenvalue weighted by atomic mass is 9.94. The predicted molar refractivity (Wildman–Crippen MR) is 95.6 cm³/mol. The molecular formula is C19H28N2O4. The molecule has 3 unspecified atom stereocenters. The lowest BCUT2D eigenvalue weighted by Gasteiger charge is -2.42. The third-order valence-corrected chi connectivity index (χ3v) is 4.84. The second kappa shape index (κ2) is 6.27. The summed E-state index contributed by atoms with van der Waals surface area (Å²) >= 11 is 0. The molecule has 2 heterocycles. The zero-order valence-corrected chi connectivity index (χ0v) is 15.4. The van der Waals surface area contributed by atoms with Crippen LogP contribution in [0.2, 0.25) is 0 Å². The summed E-state index contributed by atoms with van der Waals surface area (Å²) < 4.78 is 5.56. The molecule has 25 heavy (non-hydrogen) atoms. The van der Waals surface area contributed by atoms with Crippen molar-refractivity contribution >= 4 is 11.8 Å². The number of hydrogen-bond donors (Lipinski definition) is 2. The Balaban J connectivity index is 1.91. The summed E-state index contributed by atoms with van der Waals surface area (Å²) in [5.41, 5.74) is 0.0603. The molecule has 0 spiro atoms. The third-order valence-electron chi connectivity index (χ3n) is 4.84. The number of fused-ring (bicyclic) bond motifs is 1. The molecule has 0 radical (unpaired) electrons. The van der Waals surface area contributed by atoms with Gasteiger partial charge in [0.05, 0.1) is 23.4 Å². The monoisotopic (exact) mass is 348 g/mol. The van der Waals surface area contributed by atoms with Crippen LogP contribution in [0.5, 0.6) is 0 Å². The average Bonchev–Trinajstić information content (AvgIpc) is 2.86. The molecule has 0 aliphatic carbocycles. The third kappa shape index (κ3) is 3.81. The molecule has 1 aromatic rings. The van der Waals surface area contributed by atoms with Gasteiger partial charge in [-0.25, -0.2) is 4.79 Å². The fourth-order valence-electron chi connectivity index (χ4n) is 3.64.